The summed E-state index contributed by atoms with van der Waals surface area (Å²) in [6.07, 6.45) is 1.80. The molecule has 0 unspecified atom stereocenters. The van der Waals surface area contributed by atoms with Crippen molar-refractivity contribution in [2.45, 2.75) is 50.6 Å². The van der Waals surface area contributed by atoms with Crippen LogP contribution in [0.3, 0.4) is 0 Å². The molecule has 2 N–H and O–H groups in total. The molecule has 1 aromatic rings. The molecule has 1 aromatic carbocycles. The van der Waals surface area contributed by atoms with Crippen molar-refractivity contribution in [3.63, 3.8) is 0 Å². The van der Waals surface area contributed by atoms with Gasteiger partial charge in [0.1, 0.15) is 0 Å². The lowest BCUT2D eigenvalue weighted by atomic mass is 10.2. The highest BCUT2D eigenvalue weighted by atomic mass is 35.5. The van der Waals surface area contributed by atoms with E-state index >= 15 is 0 Å². The van der Waals surface area contributed by atoms with E-state index in [0.717, 1.165) is 12.8 Å². The van der Waals surface area contributed by atoms with Crippen LogP contribution >= 0.6 is 11.6 Å². The summed E-state index contributed by atoms with van der Waals surface area (Å²) in [6.45, 7) is 5.43. The van der Waals surface area contributed by atoms with Gasteiger partial charge in [0, 0.05) is 11.1 Å². The lowest BCUT2D eigenvalue weighted by Crippen LogP contribution is -2.47. The number of nitrogens with one attached hydrogen (secondary N) is 2. The zero-order valence-electron chi connectivity index (χ0n) is 12.4. The third kappa shape index (κ3) is 5.65. The quantitative estimate of drug-likeness (QED) is 0.804. The van der Waals surface area contributed by atoms with E-state index in [1.807, 2.05) is 13.8 Å². The SMILES string of the molecule is CCC[C@@H](C)NC(=O)[C@H](C)NS(=O)(=O)c1ccc(Cl)cc1. The van der Waals surface area contributed by atoms with Gasteiger partial charge < -0.3 is 5.32 Å². The smallest absolute Gasteiger partial charge is 0.241 e. The molecule has 1 rings (SSSR count). The fourth-order valence-corrected chi connectivity index (χ4v) is 3.17. The fraction of sp³-hybridized carbons (Fsp3) is 0.500. The first-order valence-electron chi connectivity index (χ1n) is 6.84. The zero-order chi connectivity index (χ0) is 16.0. The highest BCUT2D eigenvalue weighted by Gasteiger charge is 2.22. The molecule has 7 heteroatoms. The van der Waals surface area contributed by atoms with Crippen LogP contribution in [0.15, 0.2) is 29.2 Å². The summed E-state index contributed by atoms with van der Waals surface area (Å²) in [5.41, 5.74) is 0. The standard InChI is InChI=1S/C14H21ClN2O3S/c1-4-5-10(2)16-14(18)11(3)17-21(19,20)13-8-6-12(15)7-9-13/h6-11,17H,4-5H2,1-3H3,(H,16,18)/t10-,11+/m1/s1. The molecular formula is C14H21ClN2O3S. The molecule has 0 saturated heterocycles. The molecule has 0 saturated carbocycles. The number of sulfonamides is 1. The van der Waals surface area contributed by atoms with Crippen LogP contribution in [0.4, 0.5) is 0 Å². The Bertz CT molecular complexity index is 572. The van der Waals surface area contributed by atoms with Gasteiger partial charge in [0.2, 0.25) is 15.9 Å². The number of carbonyl (C=O) groups is 1. The van der Waals surface area contributed by atoms with E-state index in [1.165, 1.54) is 31.2 Å². The Morgan fingerprint density at radius 2 is 1.81 bits per heavy atom. The summed E-state index contributed by atoms with van der Waals surface area (Å²) in [5.74, 6) is -0.339. The van der Waals surface area contributed by atoms with Crippen LogP contribution in [0, 0.1) is 0 Å². The van der Waals surface area contributed by atoms with Crippen LogP contribution in [0.5, 0.6) is 0 Å². The summed E-state index contributed by atoms with van der Waals surface area (Å²) in [7, 11) is -3.74. The maximum Gasteiger partial charge on any atom is 0.241 e. The molecule has 0 aliphatic rings. The van der Waals surface area contributed by atoms with E-state index in [2.05, 4.69) is 10.0 Å². The Labute approximate surface area is 131 Å². The first kappa shape index (κ1) is 17.9. The van der Waals surface area contributed by atoms with Crippen molar-refractivity contribution in [2.24, 2.45) is 0 Å². The second kappa shape index (κ2) is 7.77. The van der Waals surface area contributed by atoms with Crippen molar-refractivity contribution in [1.82, 2.24) is 10.0 Å². The predicted octanol–water partition coefficient (Wildman–Crippen LogP) is 2.31. The lowest BCUT2D eigenvalue weighted by Gasteiger charge is -2.18. The van der Waals surface area contributed by atoms with Crippen molar-refractivity contribution >= 4 is 27.5 Å². The molecule has 0 heterocycles. The van der Waals surface area contributed by atoms with Gasteiger partial charge in [-0.1, -0.05) is 24.9 Å². The maximum atomic E-state index is 12.1. The minimum Gasteiger partial charge on any atom is -0.352 e. The van der Waals surface area contributed by atoms with Crippen LogP contribution in [-0.2, 0) is 14.8 Å². The average Bonchev–Trinajstić information content (AvgIpc) is 2.38. The molecule has 2 atom stereocenters. The van der Waals surface area contributed by atoms with Gasteiger partial charge in [-0.05, 0) is 44.5 Å². The summed E-state index contributed by atoms with van der Waals surface area (Å²) < 4.78 is 26.6. The van der Waals surface area contributed by atoms with E-state index in [1.54, 1.807) is 0 Å². The Morgan fingerprint density at radius 1 is 1.24 bits per heavy atom. The third-order valence-corrected chi connectivity index (χ3v) is 4.77. The second-order valence-electron chi connectivity index (χ2n) is 5.00. The van der Waals surface area contributed by atoms with Gasteiger partial charge in [-0.25, -0.2) is 8.42 Å². The molecule has 5 nitrogen and oxygen atoms in total. The summed E-state index contributed by atoms with van der Waals surface area (Å²) in [6, 6.07) is 4.95. The first-order chi connectivity index (χ1) is 9.76. The molecule has 0 aliphatic heterocycles. The molecular weight excluding hydrogens is 312 g/mol. The normalized spacial score (nSPS) is 14.5. The van der Waals surface area contributed by atoms with E-state index in [4.69, 9.17) is 11.6 Å². The van der Waals surface area contributed by atoms with Crippen LogP contribution in [0.1, 0.15) is 33.6 Å². The van der Waals surface area contributed by atoms with Crippen LogP contribution in [0.2, 0.25) is 5.02 Å². The number of benzene rings is 1. The van der Waals surface area contributed by atoms with Gasteiger partial charge in [-0.15, -0.1) is 0 Å². The maximum absolute atomic E-state index is 12.1. The Kier molecular flexibility index (Phi) is 6.64. The van der Waals surface area contributed by atoms with Crippen LogP contribution in [0.25, 0.3) is 0 Å². The van der Waals surface area contributed by atoms with Gasteiger partial charge >= 0.3 is 0 Å². The van der Waals surface area contributed by atoms with Crippen molar-refractivity contribution in [3.05, 3.63) is 29.3 Å². The van der Waals surface area contributed by atoms with E-state index < -0.39 is 16.1 Å². The zero-order valence-corrected chi connectivity index (χ0v) is 14.0. The summed E-state index contributed by atoms with van der Waals surface area (Å²) >= 11 is 5.73. The Morgan fingerprint density at radius 3 is 2.33 bits per heavy atom. The number of rotatable bonds is 7. The second-order valence-corrected chi connectivity index (χ2v) is 7.15. The molecule has 0 radical (unpaired) electrons. The summed E-state index contributed by atoms with van der Waals surface area (Å²) in [4.78, 5) is 12.0. The molecule has 0 aromatic heterocycles. The molecule has 0 aliphatic carbocycles. The van der Waals surface area contributed by atoms with Crippen LogP contribution in [-0.4, -0.2) is 26.4 Å². The highest BCUT2D eigenvalue weighted by molar-refractivity contribution is 7.89. The number of halogens is 1. The molecule has 0 fully saturated rings. The fourth-order valence-electron chi connectivity index (χ4n) is 1.84. The minimum atomic E-state index is -3.74. The van der Waals surface area contributed by atoms with Gasteiger partial charge in [-0.2, -0.15) is 4.72 Å². The van der Waals surface area contributed by atoms with Gasteiger partial charge in [0.25, 0.3) is 0 Å². The first-order valence-corrected chi connectivity index (χ1v) is 8.70. The largest absolute Gasteiger partial charge is 0.352 e. The molecule has 0 spiro atoms. The van der Waals surface area contributed by atoms with Crippen molar-refractivity contribution in [3.8, 4) is 0 Å². The number of hydrogen-bond donors (Lipinski definition) is 2. The van der Waals surface area contributed by atoms with E-state index in [-0.39, 0.29) is 16.8 Å². The van der Waals surface area contributed by atoms with Crippen molar-refractivity contribution in [2.75, 3.05) is 0 Å². The third-order valence-electron chi connectivity index (χ3n) is 2.96. The van der Waals surface area contributed by atoms with Gasteiger partial charge in [0.15, 0.2) is 0 Å². The Hall–Kier alpha value is -1.11. The lowest BCUT2D eigenvalue weighted by molar-refractivity contribution is -0.123. The van der Waals surface area contributed by atoms with Gasteiger partial charge in [0.05, 0.1) is 10.9 Å². The molecule has 118 valence electrons. The monoisotopic (exact) mass is 332 g/mol. The van der Waals surface area contributed by atoms with Crippen LogP contribution < -0.4 is 10.0 Å². The van der Waals surface area contributed by atoms with E-state index in [9.17, 15) is 13.2 Å². The predicted molar refractivity (Wildman–Crippen MR) is 83.7 cm³/mol. The minimum absolute atomic E-state index is 0.0185. The molecule has 0 bridgehead atoms. The van der Waals surface area contributed by atoms with E-state index in [0.29, 0.717) is 5.02 Å². The highest BCUT2D eigenvalue weighted by Crippen LogP contribution is 2.14. The van der Waals surface area contributed by atoms with Crippen molar-refractivity contribution < 1.29 is 13.2 Å². The molecule has 21 heavy (non-hydrogen) atoms. The topological polar surface area (TPSA) is 75.3 Å². The summed E-state index contributed by atoms with van der Waals surface area (Å²) in [5, 5.41) is 3.23. The number of carbonyl (C=O) groups excluding carboxylic acids is 1. The molecule has 1 amide bonds. The number of hydrogen-bond acceptors (Lipinski definition) is 3. The average molecular weight is 333 g/mol. The van der Waals surface area contributed by atoms with Gasteiger partial charge in [-0.3, -0.25) is 4.79 Å². The Balaban J connectivity index is 2.70. The number of amides is 1. The van der Waals surface area contributed by atoms with Crippen molar-refractivity contribution in [1.29, 1.82) is 0 Å².